The van der Waals surface area contributed by atoms with Gasteiger partial charge in [-0.3, -0.25) is 0 Å². The van der Waals surface area contributed by atoms with Gasteiger partial charge in [-0.05, 0) is 18.2 Å². The SMILES string of the molecule is O=C(Oc1ccccn1)Oc1ccccn1.[C-]#[N+]CCO.[C-]#[N+]CCOC(=O)Oc1ccccn1. The average molecular weight is 479 g/mol. The molecule has 0 aliphatic rings. The van der Waals surface area contributed by atoms with E-state index in [0.717, 1.165) is 0 Å². The summed E-state index contributed by atoms with van der Waals surface area (Å²) in [7, 11) is 0. The van der Waals surface area contributed by atoms with Crippen LogP contribution in [0.1, 0.15) is 0 Å². The van der Waals surface area contributed by atoms with Crippen LogP contribution in [-0.2, 0) is 4.74 Å². The average Bonchev–Trinajstić information content (AvgIpc) is 2.87. The summed E-state index contributed by atoms with van der Waals surface area (Å²) in [5, 5.41) is 7.85. The highest BCUT2D eigenvalue weighted by atomic mass is 16.7. The van der Waals surface area contributed by atoms with Gasteiger partial charge in [-0.2, -0.15) is 0 Å². The van der Waals surface area contributed by atoms with E-state index in [9.17, 15) is 9.59 Å². The van der Waals surface area contributed by atoms with Crippen LogP contribution in [0.15, 0.2) is 73.2 Å². The summed E-state index contributed by atoms with van der Waals surface area (Å²) >= 11 is 0. The van der Waals surface area contributed by atoms with Gasteiger partial charge in [0.1, 0.15) is 6.61 Å². The lowest BCUT2D eigenvalue weighted by molar-refractivity contribution is 0.102. The smallest absolute Gasteiger partial charge is 0.426 e. The monoisotopic (exact) mass is 479 g/mol. The van der Waals surface area contributed by atoms with Crippen LogP contribution in [0.3, 0.4) is 0 Å². The summed E-state index contributed by atoms with van der Waals surface area (Å²) in [5.74, 6) is 0.548. The predicted octanol–water partition coefficient (Wildman–Crippen LogP) is 3.47. The molecule has 0 spiro atoms. The number of carbonyl (C=O) groups is 2. The molecule has 12 heteroatoms. The highest BCUT2D eigenvalue weighted by molar-refractivity contribution is 5.65. The molecule has 35 heavy (non-hydrogen) atoms. The van der Waals surface area contributed by atoms with Gasteiger partial charge < -0.3 is 33.7 Å². The van der Waals surface area contributed by atoms with Crippen LogP contribution in [0.25, 0.3) is 9.69 Å². The molecule has 3 rings (SSSR count). The Hall–Kier alpha value is -5.07. The predicted molar refractivity (Wildman–Crippen MR) is 121 cm³/mol. The summed E-state index contributed by atoms with van der Waals surface area (Å²) in [5.41, 5.74) is 0. The standard InChI is InChI=1S/C11H8N2O3.C9H8N2O3.C3H5NO/c14-11(15-9-5-1-3-7-12-9)16-10-6-2-4-8-13-10;1-10-6-7-13-9(12)14-8-4-2-3-5-11-8;1-4-2-3-5/h1-8H;2-5H,6-7H2;5H,2-3H2. The van der Waals surface area contributed by atoms with Crippen LogP contribution in [0.4, 0.5) is 9.59 Å². The number of aromatic nitrogens is 3. The lowest BCUT2D eigenvalue weighted by Gasteiger charge is -2.02. The van der Waals surface area contributed by atoms with Crippen molar-refractivity contribution in [3.8, 4) is 17.6 Å². The molecule has 0 radical (unpaired) electrons. The number of rotatable bonds is 6. The van der Waals surface area contributed by atoms with Gasteiger partial charge in [-0.25, -0.2) is 37.7 Å². The highest BCUT2D eigenvalue weighted by Gasteiger charge is 2.08. The van der Waals surface area contributed by atoms with Gasteiger partial charge in [0.2, 0.25) is 30.7 Å². The number of nitrogens with zero attached hydrogens (tertiary/aromatic N) is 5. The molecular formula is C23H21N5O7. The Morgan fingerprint density at radius 2 is 1.14 bits per heavy atom. The topological polar surface area (TPSA) is 139 Å². The van der Waals surface area contributed by atoms with Gasteiger partial charge in [0, 0.05) is 36.8 Å². The van der Waals surface area contributed by atoms with Crippen LogP contribution < -0.4 is 14.2 Å². The number of aliphatic hydroxyl groups excluding tert-OH is 1. The summed E-state index contributed by atoms with van der Waals surface area (Å²) in [6.45, 7) is 12.9. The molecule has 0 fully saturated rings. The van der Waals surface area contributed by atoms with E-state index in [2.05, 4.69) is 34.1 Å². The van der Waals surface area contributed by atoms with Crippen molar-refractivity contribution in [2.24, 2.45) is 0 Å². The third-order valence-corrected chi connectivity index (χ3v) is 3.11. The van der Waals surface area contributed by atoms with E-state index in [-0.39, 0.29) is 43.9 Å². The number of pyridine rings is 3. The van der Waals surface area contributed by atoms with E-state index in [1.165, 1.54) is 24.7 Å². The van der Waals surface area contributed by atoms with E-state index in [1.807, 2.05) is 0 Å². The minimum absolute atomic E-state index is 0.0104. The third-order valence-electron chi connectivity index (χ3n) is 3.11. The van der Waals surface area contributed by atoms with E-state index in [4.69, 9.17) is 27.7 Å². The summed E-state index contributed by atoms with van der Waals surface area (Å²) in [6.07, 6.45) is 2.83. The Morgan fingerprint density at radius 1 is 0.714 bits per heavy atom. The first-order valence-corrected chi connectivity index (χ1v) is 9.83. The van der Waals surface area contributed by atoms with Crippen molar-refractivity contribution in [1.29, 1.82) is 0 Å². The first kappa shape index (κ1) is 28.0. The minimum atomic E-state index is -0.864. The van der Waals surface area contributed by atoms with Gasteiger partial charge in [0.15, 0.2) is 6.61 Å². The Labute approximate surface area is 201 Å². The number of hydrogen-bond donors (Lipinski definition) is 1. The molecule has 0 saturated carbocycles. The largest absolute Gasteiger partial charge is 0.522 e. The molecule has 3 heterocycles. The van der Waals surface area contributed by atoms with E-state index < -0.39 is 12.3 Å². The molecule has 0 aromatic carbocycles. The Morgan fingerprint density at radius 3 is 1.46 bits per heavy atom. The molecule has 0 amide bonds. The van der Waals surface area contributed by atoms with Crippen LogP contribution in [-0.4, -0.2) is 58.7 Å². The molecule has 0 saturated heterocycles. The maximum atomic E-state index is 11.3. The van der Waals surface area contributed by atoms with Crippen molar-refractivity contribution in [2.75, 3.05) is 26.3 Å². The Balaban J connectivity index is 0.000000297. The van der Waals surface area contributed by atoms with E-state index in [0.29, 0.717) is 0 Å². The lowest BCUT2D eigenvalue weighted by Crippen LogP contribution is -2.14. The number of ether oxygens (including phenoxy) is 4. The van der Waals surface area contributed by atoms with Crippen molar-refractivity contribution in [3.63, 3.8) is 0 Å². The fourth-order valence-electron chi connectivity index (χ4n) is 1.75. The zero-order chi connectivity index (χ0) is 25.6. The molecule has 0 bridgehead atoms. The van der Waals surface area contributed by atoms with Crippen molar-refractivity contribution >= 4 is 12.3 Å². The highest BCUT2D eigenvalue weighted by Crippen LogP contribution is 2.08. The molecule has 0 aliphatic heterocycles. The second-order valence-corrected chi connectivity index (χ2v) is 5.65. The summed E-state index contributed by atoms with van der Waals surface area (Å²) in [6, 6.07) is 14.9. The summed E-state index contributed by atoms with van der Waals surface area (Å²) in [4.78, 5) is 39.4. The molecule has 0 aliphatic carbocycles. The van der Waals surface area contributed by atoms with Crippen molar-refractivity contribution in [1.82, 2.24) is 15.0 Å². The van der Waals surface area contributed by atoms with Gasteiger partial charge in [-0.15, -0.1) is 0 Å². The number of hydrogen-bond acceptors (Lipinski definition) is 10. The molecule has 3 aromatic rings. The van der Waals surface area contributed by atoms with Gasteiger partial charge in [-0.1, -0.05) is 18.2 Å². The maximum Gasteiger partial charge on any atom is 0.522 e. The van der Waals surface area contributed by atoms with Crippen LogP contribution in [0.5, 0.6) is 17.6 Å². The number of aliphatic hydroxyl groups is 1. The summed E-state index contributed by atoms with van der Waals surface area (Å²) < 4.78 is 18.9. The van der Waals surface area contributed by atoms with Crippen molar-refractivity contribution in [2.45, 2.75) is 0 Å². The van der Waals surface area contributed by atoms with Crippen molar-refractivity contribution in [3.05, 3.63) is 96.0 Å². The molecule has 0 atom stereocenters. The van der Waals surface area contributed by atoms with Crippen LogP contribution in [0.2, 0.25) is 0 Å². The second-order valence-electron chi connectivity index (χ2n) is 5.65. The Bertz CT molecular complexity index is 1030. The normalized spacial score (nSPS) is 8.77. The second kappa shape index (κ2) is 18.5. The lowest BCUT2D eigenvalue weighted by atomic mass is 10.5. The third kappa shape index (κ3) is 14.6. The van der Waals surface area contributed by atoms with Crippen LogP contribution in [0, 0.1) is 13.1 Å². The minimum Gasteiger partial charge on any atom is -0.426 e. The molecule has 180 valence electrons. The van der Waals surface area contributed by atoms with Gasteiger partial charge in [0.05, 0.1) is 0 Å². The maximum absolute atomic E-state index is 11.3. The molecule has 12 nitrogen and oxygen atoms in total. The molecule has 3 aromatic heterocycles. The zero-order valence-corrected chi connectivity index (χ0v) is 18.4. The quantitative estimate of drug-likeness (QED) is 0.318. The van der Waals surface area contributed by atoms with Gasteiger partial charge in [0.25, 0.3) is 0 Å². The van der Waals surface area contributed by atoms with E-state index >= 15 is 0 Å². The molecule has 0 unspecified atom stereocenters. The first-order chi connectivity index (χ1) is 17.1. The van der Waals surface area contributed by atoms with Gasteiger partial charge >= 0.3 is 12.3 Å². The molecular weight excluding hydrogens is 458 g/mol. The number of carbonyl (C=O) groups excluding carboxylic acids is 2. The zero-order valence-electron chi connectivity index (χ0n) is 18.4. The fourth-order valence-corrected chi connectivity index (χ4v) is 1.75. The first-order valence-electron chi connectivity index (χ1n) is 9.83. The van der Waals surface area contributed by atoms with E-state index in [1.54, 1.807) is 48.5 Å². The molecule has 1 N–H and O–H groups in total. The fraction of sp³-hybridized carbons (Fsp3) is 0.174. The van der Waals surface area contributed by atoms with Crippen molar-refractivity contribution < 1.29 is 33.6 Å². The Kier molecular flexibility index (Phi) is 14.8. The van der Waals surface area contributed by atoms with Crippen LogP contribution >= 0.6 is 0 Å².